The van der Waals surface area contributed by atoms with Gasteiger partial charge in [-0.2, -0.15) is 0 Å². The third kappa shape index (κ3) is 3.29. The van der Waals surface area contributed by atoms with Gasteiger partial charge in [0.2, 0.25) is 0 Å². The van der Waals surface area contributed by atoms with Crippen molar-refractivity contribution in [3.8, 4) is 0 Å². The van der Waals surface area contributed by atoms with Gasteiger partial charge in [0.25, 0.3) is 0 Å². The number of carbonyl (C=O) groups excluding carboxylic acids is 1. The Balaban J connectivity index is 2.08. The van der Waals surface area contributed by atoms with Crippen molar-refractivity contribution in [3.05, 3.63) is 0 Å². The number of carbonyl (C=O) groups is 1. The molecule has 0 amide bonds. The van der Waals surface area contributed by atoms with Crippen LogP contribution in [-0.4, -0.2) is 11.6 Å². The van der Waals surface area contributed by atoms with Crippen molar-refractivity contribution >= 4 is 5.97 Å². The summed E-state index contributed by atoms with van der Waals surface area (Å²) in [4.78, 5) is 12.8. The molecule has 4 unspecified atom stereocenters. The van der Waals surface area contributed by atoms with E-state index in [0.29, 0.717) is 11.8 Å². The molecule has 0 saturated heterocycles. The fourth-order valence-electron chi connectivity index (χ4n) is 4.36. The highest BCUT2D eigenvalue weighted by Crippen LogP contribution is 2.49. The van der Waals surface area contributed by atoms with Gasteiger partial charge in [-0.05, 0) is 76.5 Å². The summed E-state index contributed by atoms with van der Waals surface area (Å²) in [7, 11) is 0. The molecule has 0 N–H and O–H groups in total. The molecule has 0 aromatic carbocycles. The number of ether oxygens (including phenoxy) is 1. The Hall–Kier alpha value is -0.530. The van der Waals surface area contributed by atoms with Crippen LogP contribution in [0.2, 0.25) is 0 Å². The van der Waals surface area contributed by atoms with Crippen LogP contribution in [0.5, 0.6) is 0 Å². The van der Waals surface area contributed by atoms with Gasteiger partial charge in [0.15, 0.2) is 0 Å². The lowest BCUT2D eigenvalue weighted by molar-refractivity contribution is -0.186. The Morgan fingerprint density at radius 2 is 2.00 bits per heavy atom. The molecule has 2 aliphatic carbocycles. The lowest BCUT2D eigenvalue weighted by Gasteiger charge is -2.49. The first kappa shape index (κ1) is 16.8. The van der Waals surface area contributed by atoms with Crippen molar-refractivity contribution in [1.82, 2.24) is 0 Å². The molecule has 0 aliphatic heterocycles. The van der Waals surface area contributed by atoms with E-state index in [1.165, 1.54) is 25.7 Å². The molecule has 0 aromatic heterocycles. The standard InChI is InChI=1S/C19H34O2/c1-7-14(3)18(4,5)17(20)21-19(6)9-8-15-10-13(2)11-16(19)12-15/h13-16H,7-12H2,1-6H3/t13?,14-,15?,16?,19?/m0/s1. The molecule has 0 heterocycles. The molecular weight excluding hydrogens is 260 g/mol. The summed E-state index contributed by atoms with van der Waals surface area (Å²) in [6, 6.07) is 0. The number of hydrogen-bond acceptors (Lipinski definition) is 2. The fourth-order valence-corrected chi connectivity index (χ4v) is 4.36. The molecule has 2 saturated carbocycles. The largest absolute Gasteiger partial charge is 0.459 e. The normalized spacial score (nSPS) is 37.9. The van der Waals surface area contributed by atoms with E-state index in [4.69, 9.17) is 4.74 Å². The molecule has 2 bridgehead atoms. The topological polar surface area (TPSA) is 26.3 Å². The molecule has 2 aliphatic rings. The van der Waals surface area contributed by atoms with E-state index in [1.54, 1.807) is 0 Å². The zero-order valence-corrected chi connectivity index (χ0v) is 14.9. The quantitative estimate of drug-likeness (QED) is 0.666. The van der Waals surface area contributed by atoms with Crippen LogP contribution in [0.4, 0.5) is 0 Å². The van der Waals surface area contributed by atoms with Gasteiger partial charge in [0, 0.05) is 0 Å². The van der Waals surface area contributed by atoms with Crippen LogP contribution in [0.15, 0.2) is 0 Å². The van der Waals surface area contributed by atoms with Crippen molar-refractivity contribution in [2.24, 2.45) is 29.1 Å². The van der Waals surface area contributed by atoms with E-state index in [0.717, 1.165) is 24.7 Å². The fraction of sp³-hybridized carbons (Fsp3) is 0.947. The van der Waals surface area contributed by atoms with Gasteiger partial charge in [-0.1, -0.05) is 27.2 Å². The van der Waals surface area contributed by atoms with Gasteiger partial charge < -0.3 is 4.74 Å². The number of hydrogen-bond donors (Lipinski definition) is 0. The Kier molecular flexibility index (Phi) is 4.75. The SMILES string of the molecule is CC[C@H](C)C(C)(C)C(=O)OC1(C)CCC2CC(C)CC1C2. The van der Waals surface area contributed by atoms with Crippen LogP contribution in [-0.2, 0) is 9.53 Å². The summed E-state index contributed by atoms with van der Waals surface area (Å²) in [6.07, 6.45) is 7.16. The molecular formula is C19H34O2. The predicted molar refractivity (Wildman–Crippen MR) is 87.0 cm³/mol. The summed E-state index contributed by atoms with van der Waals surface area (Å²) in [6.45, 7) is 12.9. The lowest BCUT2D eigenvalue weighted by Crippen LogP contribution is -2.49. The number of fused-ring (bicyclic) bond motifs is 2. The van der Waals surface area contributed by atoms with E-state index in [-0.39, 0.29) is 17.0 Å². The van der Waals surface area contributed by atoms with Crippen molar-refractivity contribution < 1.29 is 9.53 Å². The van der Waals surface area contributed by atoms with Crippen molar-refractivity contribution in [1.29, 1.82) is 0 Å². The average molecular weight is 294 g/mol. The maximum absolute atomic E-state index is 12.8. The summed E-state index contributed by atoms with van der Waals surface area (Å²) < 4.78 is 6.16. The molecule has 5 atom stereocenters. The molecule has 2 heteroatoms. The Morgan fingerprint density at radius 1 is 1.33 bits per heavy atom. The highest BCUT2D eigenvalue weighted by Gasteiger charge is 2.48. The molecule has 21 heavy (non-hydrogen) atoms. The Bertz CT molecular complexity index is 385. The minimum Gasteiger partial charge on any atom is -0.459 e. The summed E-state index contributed by atoms with van der Waals surface area (Å²) in [5, 5.41) is 0. The Morgan fingerprint density at radius 3 is 2.62 bits per heavy atom. The van der Waals surface area contributed by atoms with Crippen LogP contribution >= 0.6 is 0 Å². The minimum atomic E-state index is -0.380. The van der Waals surface area contributed by atoms with Crippen LogP contribution in [0, 0.1) is 29.1 Å². The van der Waals surface area contributed by atoms with E-state index in [2.05, 4.69) is 27.7 Å². The second-order valence-electron chi connectivity index (χ2n) is 8.65. The molecule has 2 fully saturated rings. The minimum absolute atomic E-state index is 0.0102. The van der Waals surface area contributed by atoms with Crippen LogP contribution in [0.1, 0.15) is 80.1 Å². The van der Waals surface area contributed by atoms with Crippen molar-refractivity contribution in [2.45, 2.75) is 85.7 Å². The summed E-state index contributed by atoms with van der Waals surface area (Å²) >= 11 is 0. The smallest absolute Gasteiger partial charge is 0.312 e. The van der Waals surface area contributed by atoms with E-state index in [1.807, 2.05) is 13.8 Å². The van der Waals surface area contributed by atoms with Gasteiger partial charge in [-0.25, -0.2) is 0 Å². The van der Waals surface area contributed by atoms with Crippen LogP contribution in [0.3, 0.4) is 0 Å². The highest BCUT2D eigenvalue weighted by molar-refractivity contribution is 5.76. The molecule has 0 spiro atoms. The maximum Gasteiger partial charge on any atom is 0.312 e. The molecule has 2 nitrogen and oxygen atoms in total. The summed E-state index contributed by atoms with van der Waals surface area (Å²) in [5.74, 6) is 2.59. The maximum atomic E-state index is 12.8. The van der Waals surface area contributed by atoms with Gasteiger partial charge in [0.05, 0.1) is 5.41 Å². The second kappa shape index (κ2) is 5.93. The second-order valence-corrected chi connectivity index (χ2v) is 8.65. The monoisotopic (exact) mass is 294 g/mol. The lowest BCUT2D eigenvalue weighted by atomic mass is 9.62. The molecule has 0 radical (unpaired) electrons. The number of esters is 1. The third-order valence-electron chi connectivity index (χ3n) is 6.65. The van der Waals surface area contributed by atoms with Gasteiger partial charge in [-0.3, -0.25) is 4.79 Å². The van der Waals surface area contributed by atoms with Gasteiger partial charge in [-0.15, -0.1) is 0 Å². The van der Waals surface area contributed by atoms with Crippen LogP contribution < -0.4 is 0 Å². The van der Waals surface area contributed by atoms with E-state index in [9.17, 15) is 4.79 Å². The van der Waals surface area contributed by atoms with Gasteiger partial charge >= 0.3 is 5.97 Å². The zero-order valence-electron chi connectivity index (χ0n) is 14.9. The van der Waals surface area contributed by atoms with E-state index < -0.39 is 0 Å². The predicted octanol–water partition coefficient (Wildman–Crippen LogP) is 5.21. The number of rotatable bonds is 4. The summed E-state index contributed by atoms with van der Waals surface area (Å²) in [5.41, 5.74) is -0.609. The first-order valence-electron chi connectivity index (χ1n) is 8.92. The van der Waals surface area contributed by atoms with Crippen LogP contribution in [0.25, 0.3) is 0 Å². The van der Waals surface area contributed by atoms with Crippen molar-refractivity contribution in [2.75, 3.05) is 0 Å². The van der Waals surface area contributed by atoms with Gasteiger partial charge in [0.1, 0.15) is 5.60 Å². The average Bonchev–Trinajstić information content (AvgIpc) is 2.42. The van der Waals surface area contributed by atoms with E-state index >= 15 is 0 Å². The first-order valence-corrected chi connectivity index (χ1v) is 8.92. The zero-order chi connectivity index (χ0) is 15.8. The molecule has 2 rings (SSSR count). The molecule has 122 valence electrons. The third-order valence-corrected chi connectivity index (χ3v) is 6.65. The molecule has 0 aromatic rings. The highest BCUT2D eigenvalue weighted by atomic mass is 16.6. The van der Waals surface area contributed by atoms with Crippen molar-refractivity contribution in [3.63, 3.8) is 0 Å². The first-order chi connectivity index (χ1) is 9.69. The Labute approximate surface area is 131 Å².